The Hall–Kier alpha value is -1.65. The molecule has 0 saturated carbocycles. The second kappa shape index (κ2) is 6.87. The van der Waals surface area contributed by atoms with E-state index in [1.807, 2.05) is 0 Å². The summed E-state index contributed by atoms with van der Waals surface area (Å²) < 4.78 is 57.7. The van der Waals surface area contributed by atoms with Crippen LogP contribution in [0, 0.1) is 0 Å². The first-order valence-corrected chi connectivity index (χ1v) is 7.19. The minimum absolute atomic E-state index is 0.0419. The quantitative estimate of drug-likeness (QED) is 0.755. The number of benzene rings is 1. The van der Waals surface area contributed by atoms with Gasteiger partial charge in [-0.1, -0.05) is 18.2 Å². The van der Waals surface area contributed by atoms with Crippen LogP contribution in [0.3, 0.4) is 0 Å². The summed E-state index contributed by atoms with van der Waals surface area (Å²) in [5.41, 5.74) is 0. The van der Waals surface area contributed by atoms with Crippen molar-refractivity contribution in [3.8, 4) is 0 Å². The van der Waals surface area contributed by atoms with Crippen LogP contribution in [-0.2, 0) is 14.8 Å². The molecule has 118 valence electrons. The molecular weight excluding hydrogens is 313 g/mol. The van der Waals surface area contributed by atoms with E-state index in [2.05, 4.69) is 10.0 Å². The lowest BCUT2D eigenvalue weighted by molar-refractivity contribution is -0.192. The number of hydrogen-bond acceptors (Lipinski definition) is 4. The fourth-order valence-electron chi connectivity index (χ4n) is 1.26. The number of hydrogen-bond donors (Lipinski definition) is 3. The second-order valence-corrected chi connectivity index (χ2v) is 5.81. The van der Waals surface area contributed by atoms with Crippen molar-refractivity contribution in [3.05, 3.63) is 30.3 Å². The van der Waals surface area contributed by atoms with Crippen molar-refractivity contribution in [2.45, 2.75) is 17.1 Å². The number of nitrogens with one attached hydrogen (secondary N) is 2. The van der Waals surface area contributed by atoms with Gasteiger partial charge in [0.15, 0.2) is 0 Å². The van der Waals surface area contributed by atoms with Crippen molar-refractivity contribution in [1.29, 1.82) is 0 Å². The first-order chi connectivity index (χ1) is 9.63. The van der Waals surface area contributed by atoms with Gasteiger partial charge in [0.25, 0.3) is 0 Å². The molecule has 1 aliphatic rings. The van der Waals surface area contributed by atoms with Crippen LogP contribution in [0.2, 0.25) is 0 Å². The van der Waals surface area contributed by atoms with Gasteiger partial charge in [-0.3, -0.25) is 0 Å². The molecule has 1 aromatic rings. The van der Waals surface area contributed by atoms with Gasteiger partial charge in [0.05, 0.1) is 4.90 Å². The Balaban J connectivity index is 0.000000270. The summed E-state index contributed by atoms with van der Waals surface area (Å²) in [6.07, 6.45) is -5.08. The minimum Gasteiger partial charge on any atom is -0.475 e. The maximum Gasteiger partial charge on any atom is 0.490 e. The molecule has 2 rings (SSSR count). The molecule has 0 spiro atoms. The predicted molar refractivity (Wildman–Crippen MR) is 67.1 cm³/mol. The molecule has 0 unspecified atom stereocenters. The second-order valence-electron chi connectivity index (χ2n) is 4.09. The van der Waals surface area contributed by atoms with E-state index in [1.165, 1.54) is 0 Å². The molecule has 6 nitrogen and oxygen atoms in total. The first-order valence-electron chi connectivity index (χ1n) is 5.71. The number of carboxylic acids is 1. The highest BCUT2D eigenvalue weighted by molar-refractivity contribution is 7.89. The monoisotopic (exact) mass is 326 g/mol. The van der Waals surface area contributed by atoms with Gasteiger partial charge in [0.2, 0.25) is 10.0 Å². The largest absolute Gasteiger partial charge is 0.490 e. The summed E-state index contributed by atoms with van der Waals surface area (Å²) in [4.78, 5) is 9.22. The van der Waals surface area contributed by atoms with E-state index in [0.29, 0.717) is 18.0 Å². The molecule has 3 N–H and O–H groups in total. The maximum atomic E-state index is 11.7. The summed E-state index contributed by atoms with van der Waals surface area (Å²) in [5, 5.41) is 10.1. The Morgan fingerprint density at radius 1 is 1.24 bits per heavy atom. The molecule has 1 fully saturated rings. The fraction of sp³-hybridized carbons (Fsp3) is 0.364. The van der Waals surface area contributed by atoms with Crippen LogP contribution in [0.15, 0.2) is 35.2 Å². The summed E-state index contributed by atoms with van der Waals surface area (Å²) >= 11 is 0. The Labute approximate surface area is 119 Å². The summed E-state index contributed by atoms with van der Waals surface area (Å²) in [7, 11) is -3.31. The van der Waals surface area contributed by atoms with E-state index in [1.54, 1.807) is 30.3 Å². The standard InChI is InChI=1S/C9H12N2O2S.C2HF3O2/c12-14(13,11-8-6-10-7-8)9-4-2-1-3-5-9;3-2(4,5)1(6)7/h1-5,8,10-11H,6-7H2;(H,6,7). The molecule has 1 aromatic carbocycles. The Morgan fingerprint density at radius 2 is 1.71 bits per heavy atom. The van der Waals surface area contributed by atoms with Gasteiger partial charge in [-0.2, -0.15) is 13.2 Å². The minimum atomic E-state index is -5.08. The van der Waals surface area contributed by atoms with E-state index in [4.69, 9.17) is 9.90 Å². The number of halogens is 3. The molecular formula is C11H13F3N2O4S. The normalized spacial score (nSPS) is 15.6. The van der Waals surface area contributed by atoms with Crippen molar-refractivity contribution in [2.75, 3.05) is 13.1 Å². The number of aliphatic carboxylic acids is 1. The van der Waals surface area contributed by atoms with Crippen LogP contribution in [-0.4, -0.2) is 44.8 Å². The molecule has 0 aromatic heterocycles. The molecule has 0 radical (unpaired) electrons. The Morgan fingerprint density at radius 3 is 2.05 bits per heavy atom. The first kappa shape index (κ1) is 17.4. The van der Waals surface area contributed by atoms with Crippen LogP contribution >= 0.6 is 0 Å². The van der Waals surface area contributed by atoms with Gasteiger partial charge in [0.1, 0.15) is 0 Å². The van der Waals surface area contributed by atoms with E-state index in [9.17, 15) is 21.6 Å². The van der Waals surface area contributed by atoms with Gasteiger partial charge in [-0.15, -0.1) is 0 Å². The number of carboxylic acid groups (broad SMARTS) is 1. The highest BCUT2D eigenvalue weighted by Gasteiger charge is 2.38. The molecule has 21 heavy (non-hydrogen) atoms. The number of sulfonamides is 1. The van der Waals surface area contributed by atoms with E-state index >= 15 is 0 Å². The zero-order chi connectivity index (χ0) is 16.1. The molecule has 1 aliphatic heterocycles. The summed E-state index contributed by atoms with van der Waals surface area (Å²) in [6.45, 7) is 1.43. The van der Waals surface area contributed by atoms with Gasteiger partial charge in [0, 0.05) is 19.1 Å². The van der Waals surface area contributed by atoms with Gasteiger partial charge >= 0.3 is 12.1 Å². The zero-order valence-corrected chi connectivity index (χ0v) is 11.4. The third kappa shape index (κ3) is 5.69. The van der Waals surface area contributed by atoms with Crippen molar-refractivity contribution in [3.63, 3.8) is 0 Å². The van der Waals surface area contributed by atoms with Crippen LogP contribution in [0.1, 0.15) is 0 Å². The van der Waals surface area contributed by atoms with Gasteiger partial charge in [-0.25, -0.2) is 17.9 Å². The maximum absolute atomic E-state index is 11.7. The van der Waals surface area contributed by atoms with Crippen LogP contribution in [0.4, 0.5) is 13.2 Å². The third-order valence-electron chi connectivity index (χ3n) is 2.40. The van der Waals surface area contributed by atoms with Crippen molar-refractivity contribution in [2.24, 2.45) is 0 Å². The lowest BCUT2D eigenvalue weighted by Crippen LogP contribution is -2.56. The van der Waals surface area contributed by atoms with Gasteiger partial charge in [-0.05, 0) is 12.1 Å². The molecule has 1 saturated heterocycles. The highest BCUT2D eigenvalue weighted by Crippen LogP contribution is 2.13. The van der Waals surface area contributed by atoms with Crippen LogP contribution < -0.4 is 10.0 Å². The van der Waals surface area contributed by atoms with Crippen LogP contribution in [0.25, 0.3) is 0 Å². The average Bonchev–Trinajstić information content (AvgIpc) is 2.35. The van der Waals surface area contributed by atoms with Crippen molar-refractivity contribution in [1.82, 2.24) is 10.0 Å². The molecule has 1 heterocycles. The summed E-state index contributed by atoms with van der Waals surface area (Å²) in [6, 6.07) is 8.45. The van der Waals surface area contributed by atoms with E-state index in [-0.39, 0.29) is 6.04 Å². The van der Waals surface area contributed by atoms with Gasteiger partial charge < -0.3 is 10.4 Å². The fourth-order valence-corrected chi connectivity index (χ4v) is 2.52. The average molecular weight is 326 g/mol. The third-order valence-corrected chi connectivity index (χ3v) is 3.94. The molecule has 0 bridgehead atoms. The molecule has 0 aliphatic carbocycles. The molecule has 0 atom stereocenters. The van der Waals surface area contributed by atoms with E-state index < -0.39 is 22.2 Å². The SMILES string of the molecule is O=C(O)C(F)(F)F.O=S(=O)(NC1CNC1)c1ccccc1. The molecule has 10 heteroatoms. The number of rotatable bonds is 3. The van der Waals surface area contributed by atoms with Crippen LogP contribution in [0.5, 0.6) is 0 Å². The Bertz CT molecular complexity index is 571. The van der Waals surface area contributed by atoms with E-state index in [0.717, 1.165) is 0 Å². The number of alkyl halides is 3. The predicted octanol–water partition coefficient (Wildman–Crippen LogP) is 0.570. The lowest BCUT2D eigenvalue weighted by Gasteiger charge is -2.27. The summed E-state index contributed by atoms with van der Waals surface area (Å²) in [5.74, 6) is -2.76. The Kier molecular flexibility index (Phi) is 5.70. The van der Waals surface area contributed by atoms with Crippen molar-refractivity contribution >= 4 is 16.0 Å². The lowest BCUT2D eigenvalue weighted by atomic mass is 10.2. The smallest absolute Gasteiger partial charge is 0.475 e. The zero-order valence-electron chi connectivity index (χ0n) is 10.6. The highest BCUT2D eigenvalue weighted by atomic mass is 32.2. The molecule has 0 amide bonds. The topological polar surface area (TPSA) is 95.5 Å². The van der Waals surface area contributed by atoms with Crippen molar-refractivity contribution < 1.29 is 31.5 Å². The number of carbonyl (C=O) groups is 1.